The number of furan rings is 1. The molecule has 5 heteroatoms. The average molecular weight is 195 g/mol. The first-order valence-electron chi connectivity index (χ1n) is 3.49. The molecule has 0 radical (unpaired) electrons. The van der Waals surface area contributed by atoms with Crippen LogP contribution in [0.15, 0.2) is 29.2 Å². The van der Waals surface area contributed by atoms with Crippen LogP contribution >= 0.6 is 11.3 Å². The first-order valence-corrected chi connectivity index (χ1v) is 4.31. The largest absolute Gasteiger partial charge is 0.477 e. The summed E-state index contributed by atoms with van der Waals surface area (Å²) in [4.78, 5) is 14.7. The number of hydrogen-bond acceptors (Lipinski definition) is 4. The molecule has 2 rings (SSSR count). The number of carboxylic acid groups (broad SMARTS) is 1. The van der Waals surface area contributed by atoms with Gasteiger partial charge in [0.05, 0.1) is 12.5 Å². The van der Waals surface area contributed by atoms with Gasteiger partial charge in [-0.05, 0) is 6.07 Å². The lowest BCUT2D eigenvalue weighted by Gasteiger charge is -1.84. The van der Waals surface area contributed by atoms with Gasteiger partial charge in [0.1, 0.15) is 16.1 Å². The van der Waals surface area contributed by atoms with E-state index < -0.39 is 5.97 Å². The van der Waals surface area contributed by atoms with Crippen LogP contribution in [0.2, 0.25) is 0 Å². The summed E-state index contributed by atoms with van der Waals surface area (Å²) in [6.07, 6.45) is 4.40. The van der Waals surface area contributed by atoms with Gasteiger partial charge in [-0.25, -0.2) is 9.78 Å². The summed E-state index contributed by atoms with van der Waals surface area (Å²) in [5.41, 5.74) is 0.803. The third-order valence-corrected chi connectivity index (χ3v) is 2.52. The van der Waals surface area contributed by atoms with E-state index in [1.807, 2.05) is 0 Å². The standard InChI is InChI=1S/C8H5NO3S/c10-8(11)6-3-9-7(13-6)5-1-2-12-4-5/h1-4H,(H,10,11). The predicted molar refractivity (Wildman–Crippen MR) is 46.8 cm³/mol. The maximum atomic E-state index is 10.5. The summed E-state index contributed by atoms with van der Waals surface area (Å²) in [5.74, 6) is -0.952. The lowest BCUT2D eigenvalue weighted by Crippen LogP contribution is -1.89. The van der Waals surface area contributed by atoms with Crippen molar-refractivity contribution in [3.63, 3.8) is 0 Å². The monoisotopic (exact) mass is 195 g/mol. The third kappa shape index (κ3) is 1.46. The second-order valence-corrected chi connectivity index (χ2v) is 3.38. The fraction of sp³-hybridized carbons (Fsp3) is 0. The van der Waals surface area contributed by atoms with E-state index in [9.17, 15) is 4.79 Å². The summed E-state index contributed by atoms with van der Waals surface area (Å²) >= 11 is 1.13. The van der Waals surface area contributed by atoms with E-state index in [1.165, 1.54) is 18.7 Å². The molecule has 0 amide bonds. The summed E-state index contributed by atoms with van der Waals surface area (Å²) in [6, 6.07) is 1.74. The van der Waals surface area contributed by atoms with Crippen LogP contribution in [-0.4, -0.2) is 16.1 Å². The molecule has 13 heavy (non-hydrogen) atoms. The first kappa shape index (κ1) is 8.00. The Bertz CT molecular complexity index is 418. The topological polar surface area (TPSA) is 63.3 Å². The summed E-state index contributed by atoms with van der Waals surface area (Å²) in [5, 5.41) is 9.30. The number of nitrogens with zero attached hydrogens (tertiary/aromatic N) is 1. The van der Waals surface area contributed by atoms with Gasteiger partial charge in [-0.1, -0.05) is 0 Å². The second kappa shape index (κ2) is 3.02. The number of rotatable bonds is 2. The van der Waals surface area contributed by atoms with Crippen molar-refractivity contribution in [3.05, 3.63) is 29.7 Å². The molecule has 0 unspecified atom stereocenters. The lowest BCUT2D eigenvalue weighted by atomic mass is 10.4. The molecular weight excluding hydrogens is 190 g/mol. The minimum absolute atomic E-state index is 0.233. The van der Waals surface area contributed by atoms with Crippen LogP contribution in [0.3, 0.4) is 0 Å². The lowest BCUT2D eigenvalue weighted by molar-refractivity contribution is 0.0702. The highest BCUT2D eigenvalue weighted by Crippen LogP contribution is 2.24. The van der Waals surface area contributed by atoms with Crippen LogP contribution < -0.4 is 0 Å². The molecule has 0 aromatic carbocycles. The minimum Gasteiger partial charge on any atom is -0.477 e. The van der Waals surface area contributed by atoms with Gasteiger partial charge in [0, 0.05) is 5.56 Å². The zero-order valence-electron chi connectivity index (χ0n) is 6.43. The van der Waals surface area contributed by atoms with Gasteiger partial charge in [0.2, 0.25) is 0 Å². The van der Waals surface area contributed by atoms with Crippen molar-refractivity contribution >= 4 is 17.3 Å². The van der Waals surface area contributed by atoms with Gasteiger partial charge < -0.3 is 9.52 Å². The Morgan fingerprint density at radius 2 is 2.46 bits per heavy atom. The normalized spacial score (nSPS) is 10.2. The smallest absolute Gasteiger partial charge is 0.347 e. The van der Waals surface area contributed by atoms with E-state index in [-0.39, 0.29) is 4.88 Å². The van der Waals surface area contributed by atoms with Crippen LogP contribution in [0.25, 0.3) is 10.6 Å². The minimum atomic E-state index is -0.952. The van der Waals surface area contributed by atoms with E-state index >= 15 is 0 Å². The maximum Gasteiger partial charge on any atom is 0.347 e. The van der Waals surface area contributed by atoms with Gasteiger partial charge in [-0.15, -0.1) is 11.3 Å². The van der Waals surface area contributed by atoms with Crippen molar-refractivity contribution < 1.29 is 14.3 Å². The highest BCUT2D eigenvalue weighted by molar-refractivity contribution is 7.16. The van der Waals surface area contributed by atoms with Crippen LogP contribution in [0.1, 0.15) is 9.67 Å². The maximum absolute atomic E-state index is 10.5. The Hall–Kier alpha value is -1.62. The highest BCUT2D eigenvalue weighted by atomic mass is 32.1. The molecule has 0 atom stereocenters. The first-order chi connectivity index (χ1) is 6.27. The predicted octanol–water partition coefficient (Wildman–Crippen LogP) is 2.10. The van der Waals surface area contributed by atoms with E-state index in [0.717, 1.165) is 16.9 Å². The van der Waals surface area contributed by atoms with Crippen molar-refractivity contribution in [2.75, 3.05) is 0 Å². The number of aromatic carboxylic acids is 1. The Morgan fingerprint density at radius 3 is 3.00 bits per heavy atom. The second-order valence-electron chi connectivity index (χ2n) is 2.35. The molecule has 0 saturated heterocycles. The Balaban J connectivity index is 2.39. The van der Waals surface area contributed by atoms with Gasteiger partial charge in [-0.3, -0.25) is 0 Å². The van der Waals surface area contributed by atoms with Crippen molar-refractivity contribution in [2.24, 2.45) is 0 Å². The summed E-state index contributed by atoms with van der Waals surface area (Å²) in [7, 11) is 0. The van der Waals surface area contributed by atoms with Gasteiger partial charge in [0.15, 0.2) is 0 Å². The summed E-state index contributed by atoms with van der Waals surface area (Å²) in [6.45, 7) is 0. The summed E-state index contributed by atoms with van der Waals surface area (Å²) < 4.78 is 4.86. The Morgan fingerprint density at radius 1 is 1.62 bits per heavy atom. The molecule has 1 N–H and O–H groups in total. The van der Waals surface area contributed by atoms with Crippen LogP contribution in [0.5, 0.6) is 0 Å². The number of carboxylic acids is 1. The van der Waals surface area contributed by atoms with Crippen molar-refractivity contribution in [1.82, 2.24) is 4.98 Å². The van der Waals surface area contributed by atoms with E-state index in [1.54, 1.807) is 6.07 Å². The molecular formula is C8H5NO3S. The molecule has 0 aliphatic carbocycles. The zero-order valence-corrected chi connectivity index (χ0v) is 7.25. The van der Waals surface area contributed by atoms with Gasteiger partial charge in [0.25, 0.3) is 0 Å². The molecule has 0 aliphatic rings. The molecule has 0 aliphatic heterocycles. The van der Waals surface area contributed by atoms with Crippen LogP contribution in [-0.2, 0) is 0 Å². The van der Waals surface area contributed by atoms with E-state index in [0.29, 0.717) is 5.01 Å². The SMILES string of the molecule is O=C(O)c1cnc(-c2ccoc2)s1. The number of thiazole rings is 1. The number of hydrogen-bond donors (Lipinski definition) is 1. The quantitative estimate of drug-likeness (QED) is 0.797. The fourth-order valence-corrected chi connectivity index (χ4v) is 1.63. The molecule has 2 heterocycles. The van der Waals surface area contributed by atoms with E-state index in [2.05, 4.69) is 4.98 Å². The molecule has 66 valence electrons. The number of aromatic nitrogens is 1. The Labute approximate surface area is 77.5 Å². The Kier molecular flexibility index (Phi) is 1.86. The molecule has 0 spiro atoms. The average Bonchev–Trinajstić information content (AvgIpc) is 2.75. The van der Waals surface area contributed by atoms with Crippen molar-refractivity contribution in [1.29, 1.82) is 0 Å². The van der Waals surface area contributed by atoms with Gasteiger partial charge >= 0.3 is 5.97 Å². The van der Waals surface area contributed by atoms with Crippen LogP contribution in [0, 0.1) is 0 Å². The molecule has 0 bridgehead atoms. The van der Waals surface area contributed by atoms with E-state index in [4.69, 9.17) is 9.52 Å². The molecule has 0 saturated carbocycles. The van der Waals surface area contributed by atoms with Crippen LogP contribution in [0.4, 0.5) is 0 Å². The molecule has 0 fully saturated rings. The van der Waals surface area contributed by atoms with Crippen molar-refractivity contribution in [3.8, 4) is 10.6 Å². The third-order valence-electron chi connectivity index (χ3n) is 1.48. The van der Waals surface area contributed by atoms with Gasteiger partial charge in [-0.2, -0.15) is 0 Å². The number of carbonyl (C=O) groups is 1. The fourth-order valence-electron chi connectivity index (χ4n) is 0.893. The molecule has 2 aromatic rings. The van der Waals surface area contributed by atoms with Crippen molar-refractivity contribution in [2.45, 2.75) is 0 Å². The zero-order chi connectivity index (χ0) is 9.26. The molecule has 2 aromatic heterocycles. The molecule has 4 nitrogen and oxygen atoms in total. The highest BCUT2D eigenvalue weighted by Gasteiger charge is 2.10.